The van der Waals surface area contributed by atoms with Gasteiger partial charge in [-0.1, -0.05) is 27.7 Å². The van der Waals surface area contributed by atoms with Crippen LogP contribution in [0.2, 0.25) is 0 Å². The van der Waals surface area contributed by atoms with E-state index in [4.69, 9.17) is 23.4 Å². The van der Waals surface area contributed by atoms with Crippen molar-refractivity contribution < 1.29 is 48.6 Å². The van der Waals surface area contributed by atoms with Crippen LogP contribution in [0.25, 0.3) is 11.0 Å². The number of aliphatic hydroxyl groups excluding tert-OH is 4. The predicted octanol–water partition coefficient (Wildman–Crippen LogP) is 1.15. The number of hydrogen-bond donors (Lipinski definition) is 5. The van der Waals surface area contributed by atoms with Crippen LogP contribution in [-0.2, 0) is 20.7 Å². The van der Waals surface area contributed by atoms with Crippen molar-refractivity contribution in [1.82, 2.24) is 5.32 Å². The SMILES string of the molecule is CCOC(=O)CCc1cc2ccoc2c2c1O[C@]13C=C[C@@H](SSCCNCCO2)[C@](CO)(O1)[C@@H](O)[C@H](O)[C@H]3O. The molecule has 0 unspecified atom stereocenters. The van der Waals surface area contributed by atoms with Crippen molar-refractivity contribution in [1.29, 1.82) is 0 Å². The molecule has 5 N–H and O–H groups in total. The van der Waals surface area contributed by atoms with Crippen molar-refractivity contribution in [2.24, 2.45) is 0 Å². The summed E-state index contributed by atoms with van der Waals surface area (Å²) in [6.07, 6.45) is -0.0207. The molecule has 1 saturated heterocycles. The summed E-state index contributed by atoms with van der Waals surface area (Å²) in [5.41, 5.74) is -0.710. The fraction of sp³-hybridized carbons (Fsp3) is 0.577. The summed E-state index contributed by atoms with van der Waals surface area (Å²) >= 11 is 0. The highest BCUT2D eigenvalue weighted by Crippen LogP contribution is 2.51. The molecule has 4 heterocycles. The summed E-state index contributed by atoms with van der Waals surface area (Å²) in [4.78, 5) is 12.2. The largest absolute Gasteiger partial charge is 0.485 e. The number of fused-ring (bicyclic) bond motifs is 6. The van der Waals surface area contributed by atoms with Crippen LogP contribution < -0.4 is 14.8 Å². The van der Waals surface area contributed by atoms with Gasteiger partial charge in [0.05, 0.1) is 24.7 Å². The lowest BCUT2D eigenvalue weighted by Crippen LogP contribution is -2.76. The van der Waals surface area contributed by atoms with E-state index in [-0.39, 0.29) is 43.5 Å². The summed E-state index contributed by atoms with van der Waals surface area (Å²) in [5, 5.41) is 47.2. The highest BCUT2D eigenvalue weighted by Gasteiger charge is 2.65. The highest BCUT2D eigenvalue weighted by atomic mass is 33.1. The number of carbonyl (C=O) groups excluding carboxylic acids is 1. The van der Waals surface area contributed by atoms with Crippen molar-refractivity contribution in [3.8, 4) is 11.5 Å². The Morgan fingerprint density at radius 3 is 2.87 bits per heavy atom. The molecule has 39 heavy (non-hydrogen) atoms. The van der Waals surface area contributed by atoms with Gasteiger partial charge in [-0.15, -0.1) is 0 Å². The third-order valence-corrected chi connectivity index (χ3v) is 9.90. The van der Waals surface area contributed by atoms with Crippen LogP contribution in [0.1, 0.15) is 18.9 Å². The topological polar surface area (TPSA) is 160 Å². The van der Waals surface area contributed by atoms with E-state index >= 15 is 0 Å². The van der Waals surface area contributed by atoms with E-state index in [2.05, 4.69) is 5.32 Å². The number of aliphatic hydroxyl groups is 4. The Morgan fingerprint density at radius 1 is 1.23 bits per heavy atom. The second kappa shape index (κ2) is 11.9. The van der Waals surface area contributed by atoms with E-state index < -0.39 is 41.6 Å². The first-order valence-electron chi connectivity index (χ1n) is 12.9. The van der Waals surface area contributed by atoms with Crippen LogP contribution in [0.5, 0.6) is 11.5 Å². The molecule has 6 atom stereocenters. The quantitative estimate of drug-likeness (QED) is 0.194. The molecule has 3 aliphatic heterocycles. The van der Waals surface area contributed by atoms with Gasteiger partial charge in [-0.2, -0.15) is 0 Å². The average Bonchev–Trinajstić information content (AvgIpc) is 3.40. The molecule has 3 bridgehead atoms. The molecule has 214 valence electrons. The molecule has 0 saturated carbocycles. The zero-order valence-corrected chi connectivity index (χ0v) is 23.0. The number of benzene rings is 1. The lowest BCUT2D eigenvalue weighted by atomic mass is 9.78. The predicted molar refractivity (Wildman–Crippen MR) is 145 cm³/mol. The van der Waals surface area contributed by atoms with Gasteiger partial charge in [-0.3, -0.25) is 4.79 Å². The minimum absolute atomic E-state index is 0.0542. The van der Waals surface area contributed by atoms with Crippen LogP contribution >= 0.6 is 21.6 Å². The molecule has 2 aromatic rings. The number of nitrogens with one attached hydrogen (secondary N) is 1. The molecule has 11 nitrogen and oxygen atoms in total. The van der Waals surface area contributed by atoms with Crippen LogP contribution in [0, 0.1) is 0 Å². The summed E-state index contributed by atoms with van der Waals surface area (Å²) in [6, 6.07) is 3.56. The summed E-state index contributed by atoms with van der Waals surface area (Å²) in [6.45, 7) is 2.82. The smallest absolute Gasteiger partial charge is 0.306 e. The lowest BCUT2D eigenvalue weighted by Gasteiger charge is -2.56. The Bertz CT molecular complexity index is 1210. The van der Waals surface area contributed by atoms with E-state index in [9.17, 15) is 25.2 Å². The first-order valence-corrected chi connectivity index (χ1v) is 15.3. The number of aryl methyl sites for hydroxylation is 1. The maximum absolute atomic E-state index is 12.2. The molecule has 13 heteroatoms. The fourth-order valence-electron chi connectivity index (χ4n) is 5.07. The molecule has 0 aliphatic carbocycles. The standard InChI is InChI=1S/C26H33NO10S2/c1-2-33-18(29)4-3-15-13-16-6-10-34-20(16)22-21(15)36-26-7-5-17(39-38-12-9-27-8-11-35-22)25(14-28,37-26)23(31)19(30)24(26)32/h5-7,10,13,17,19,23-24,27-28,30-32H,2-4,8-9,11-12,14H2,1H3/t17-,19+,23+,24-,25+,26-/m1/s1. The van der Waals surface area contributed by atoms with Crippen LogP contribution in [0.15, 0.2) is 35.0 Å². The Hall–Kier alpha value is -1.97. The van der Waals surface area contributed by atoms with E-state index in [1.165, 1.54) is 33.9 Å². The van der Waals surface area contributed by atoms with Crippen LogP contribution in [-0.4, -0.2) is 100 Å². The van der Waals surface area contributed by atoms with Gasteiger partial charge in [0.1, 0.15) is 24.4 Å². The van der Waals surface area contributed by atoms with Crippen LogP contribution in [0.3, 0.4) is 0 Å². The normalized spacial score (nSPS) is 32.9. The first-order chi connectivity index (χ1) is 18.8. The van der Waals surface area contributed by atoms with Gasteiger partial charge in [-0.05, 0) is 37.1 Å². The molecule has 1 spiro atoms. The summed E-state index contributed by atoms with van der Waals surface area (Å²) in [5.74, 6) is -1.26. The minimum atomic E-state index is -1.99. The Morgan fingerprint density at radius 2 is 2.08 bits per heavy atom. The number of furan rings is 1. The van der Waals surface area contributed by atoms with Gasteiger partial charge in [0.25, 0.3) is 5.79 Å². The number of carbonyl (C=O) groups is 1. The molecule has 0 amide bonds. The van der Waals surface area contributed by atoms with Crippen molar-refractivity contribution in [3.05, 3.63) is 36.1 Å². The van der Waals surface area contributed by atoms with Crippen molar-refractivity contribution in [3.63, 3.8) is 0 Å². The van der Waals surface area contributed by atoms with E-state index in [1.807, 2.05) is 0 Å². The van der Waals surface area contributed by atoms with E-state index in [0.717, 1.165) is 11.1 Å². The Labute approximate surface area is 233 Å². The summed E-state index contributed by atoms with van der Waals surface area (Å²) < 4.78 is 29.8. The number of ether oxygens (including phenoxy) is 4. The van der Waals surface area contributed by atoms with Gasteiger partial charge in [0, 0.05) is 30.6 Å². The third-order valence-electron chi connectivity index (χ3n) is 7.10. The van der Waals surface area contributed by atoms with E-state index in [0.29, 0.717) is 24.2 Å². The first kappa shape index (κ1) is 28.6. The van der Waals surface area contributed by atoms with Crippen molar-refractivity contribution in [2.75, 3.05) is 38.7 Å². The summed E-state index contributed by atoms with van der Waals surface area (Å²) in [7, 11) is 2.92. The second-order valence-electron chi connectivity index (χ2n) is 9.55. The van der Waals surface area contributed by atoms with Gasteiger partial charge in [0.15, 0.2) is 17.4 Å². The third kappa shape index (κ3) is 5.26. The highest BCUT2D eigenvalue weighted by molar-refractivity contribution is 8.77. The maximum Gasteiger partial charge on any atom is 0.306 e. The van der Waals surface area contributed by atoms with E-state index in [1.54, 1.807) is 25.1 Å². The molecule has 3 aliphatic rings. The number of rotatable bonds is 5. The molecular weight excluding hydrogens is 550 g/mol. The van der Waals surface area contributed by atoms with Gasteiger partial charge in [-0.25, -0.2) is 0 Å². The molecule has 1 aromatic carbocycles. The van der Waals surface area contributed by atoms with Gasteiger partial charge < -0.3 is 49.1 Å². The Kier molecular flexibility index (Phi) is 8.69. The van der Waals surface area contributed by atoms with Gasteiger partial charge in [0.2, 0.25) is 5.75 Å². The van der Waals surface area contributed by atoms with Crippen molar-refractivity contribution >= 4 is 38.5 Å². The monoisotopic (exact) mass is 583 g/mol. The molecular formula is C26H33NO10S2. The molecule has 0 radical (unpaired) electrons. The molecule has 1 fully saturated rings. The second-order valence-corrected chi connectivity index (χ2v) is 12.2. The zero-order valence-electron chi connectivity index (χ0n) is 21.4. The minimum Gasteiger partial charge on any atom is -0.485 e. The van der Waals surface area contributed by atoms with Crippen LogP contribution in [0.4, 0.5) is 0 Å². The van der Waals surface area contributed by atoms with Crippen molar-refractivity contribution in [2.45, 2.75) is 54.7 Å². The molecule has 1 aromatic heterocycles. The zero-order chi connectivity index (χ0) is 27.6. The average molecular weight is 584 g/mol. The maximum atomic E-state index is 12.2. The van der Waals surface area contributed by atoms with Gasteiger partial charge >= 0.3 is 5.97 Å². The Balaban J connectivity index is 1.65. The number of esters is 1. The number of hydrogen-bond acceptors (Lipinski definition) is 13. The lowest BCUT2D eigenvalue weighted by molar-refractivity contribution is -0.356. The fourth-order valence-corrected chi connectivity index (χ4v) is 7.77. The molecule has 5 rings (SSSR count).